The van der Waals surface area contributed by atoms with Crippen molar-refractivity contribution in [3.63, 3.8) is 0 Å². The number of aromatic nitrogens is 1. The highest BCUT2D eigenvalue weighted by atomic mass is 32.2. The van der Waals surface area contributed by atoms with Crippen LogP contribution in [0.2, 0.25) is 0 Å². The third-order valence-electron chi connectivity index (χ3n) is 5.17. The molecule has 0 spiro atoms. The van der Waals surface area contributed by atoms with E-state index in [4.69, 9.17) is 4.74 Å². The molecule has 1 aliphatic heterocycles. The zero-order valence-electron chi connectivity index (χ0n) is 16.4. The smallest absolute Gasteiger partial charge is 0.338 e. The van der Waals surface area contributed by atoms with Gasteiger partial charge in [-0.15, -0.1) is 11.3 Å². The van der Waals surface area contributed by atoms with Crippen LogP contribution in [0.4, 0.5) is 5.69 Å². The van der Waals surface area contributed by atoms with Crippen LogP contribution in [-0.2, 0) is 27.8 Å². The summed E-state index contributed by atoms with van der Waals surface area (Å²) in [5, 5.41) is 0.687. The summed E-state index contributed by atoms with van der Waals surface area (Å²) in [6, 6.07) is 21.1. The molecule has 0 radical (unpaired) electrons. The number of carbonyl (C=O) groups excluding carboxylic acids is 1. The maximum absolute atomic E-state index is 13.2. The van der Waals surface area contributed by atoms with Gasteiger partial charge in [-0.3, -0.25) is 4.31 Å². The summed E-state index contributed by atoms with van der Waals surface area (Å²) in [6.45, 7) is 0.419. The van der Waals surface area contributed by atoms with Crippen molar-refractivity contribution in [3.8, 4) is 0 Å². The monoisotopic (exact) mass is 450 g/mol. The predicted octanol–water partition coefficient (Wildman–Crippen LogP) is 4.40. The van der Waals surface area contributed by atoms with E-state index in [1.54, 1.807) is 18.2 Å². The summed E-state index contributed by atoms with van der Waals surface area (Å²) in [4.78, 5) is 17.1. The fourth-order valence-corrected chi connectivity index (χ4v) is 6.09. The van der Waals surface area contributed by atoms with Gasteiger partial charge in [0.25, 0.3) is 10.0 Å². The maximum atomic E-state index is 13.2. The second-order valence-corrected chi connectivity index (χ2v) is 10.1. The number of benzene rings is 3. The van der Waals surface area contributed by atoms with Gasteiger partial charge >= 0.3 is 5.97 Å². The molecular weight excluding hydrogens is 432 g/mol. The first kappa shape index (κ1) is 19.7. The first-order chi connectivity index (χ1) is 15.0. The molecule has 0 bridgehead atoms. The summed E-state index contributed by atoms with van der Waals surface area (Å²) in [5.74, 6) is -0.585. The Morgan fingerprint density at radius 2 is 1.84 bits per heavy atom. The Morgan fingerprint density at radius 3 is 2.71 bits per heavy atom. The molecule has 0 unspecified atom stereocenters. The first-order valence-electron chi connectivity index (χ1n) is 9.75. The lowest BCUT2D eigenvalue weighted by atomic mass is 10.2. The van der Waals surface area contributed by atoms with Crippen LogP contribution in [0, 0.1) is 0 Å². The van der Waals surface area contributed by atoms with E-state index in [1.807, 2.05) is 42.5 Å². The summed E-state index contributed by atoms with van der Waals surface area (Å²) in [7, 11) is -3.78. The lowest BCUT2D eigenvalue weighted by molar-refractivity contribution is 0.0472. The van der Waals surface area contributed by atoms with E-state index in [2.05, 4.69) is 4.98 Å². The van der Waals surface area contributed by atoms with E-state index in [1.165, 1.54) is 27.8 Å². The van der Waals surface area contributed by atoms with E-state index >= 15 is 0 Å². The summed E-state index contributed by atoms with van der Waals surface area (Å²) in [6.07, 6.45) is 0.666. The third kappa shape index (κ3) is 3.68. The van der Waals surface area contributed by atoms with Gasteiger partial charge in [0, 0.05) is 6.54 Å². The van der Waals surface area contributed by atoms with E-state index in [9.17, 15) is 13.2 Å². The van der Waals surface area contributed by atoms with Gasteiger partial charge < -0.3 is 4.74 Å². The molecule has 8 heteroatoms. The Hall–Kier alpha value is -3.23. The van der Waals surface area contributed by atoms with Crippen molar-refractivity contribution in [3.05, 3.63) is 88.9 Å². The van der Waals surface area contributed by atoms with Crippen LogP contribution in [0.25, 0.3) is 10.2 Å². The number of para-hydroxylation sites is 2. The van der Waals surface area contributed by atoms with Gasteiger partial charge in [0.05, 0.1) is 26.4 Å². The van der Waals surface area contributed by atoms with Gasteiger partial charge in [0.2, 0.25) is 0 Å². The van der Waals surface area contributed by atoms with E-state index < -0.39 is 16.0 Å². The number of fused-ring (bicyclic) bond motifs is 2. The molecule has 4 aromatic rings. The van der Waals surface area contributed by atoms with E-state index in [0.717, 1.165) is 15.8 Å². The molecule has 2 heterocycles. The molecule has 0 N–H and O–H groups in total. The minimum atomic E-state index is -3.78. The van der Waals surface area contributed by atoms with Crippen molar-refractivity contribution < 1.29 is 17.9 Å². The number of esters is 1. The Morgan fingerprint density at radius 1 is 1.03 bits per heavy atom. The van der Waals surface area contributed by atoms with E-state index in [-0.39, 0.29) is 17.1 Å². The predicted molar refractivity (Wildman–Crippen MR) is 120 cm³/mol. The molecule has 5 rings (SSSR count). The Kier molecular flexibility index (Phi) is 4.95. The quantitative estimate of drug-likeness (QED) is 0.421. The second kappa shape index (κ2) is 7.79. The zero-order valence-corrected chi connectivity index (χ0v) is 18.0. The second-order valence-electron chi connectivity index (χ2n) is 7.14. The molecule has 1 aliphatic rings. The van der Waals surface area contributed by atoms with E-state index in [0.29, 0.717) is 23.7 Å². The minimum Gasteiger partial charge on any atom is -0.455 e. The van der Waals surface area contributed by atoms with Crippen LogP contribution in [0.5, 0.6) is 0 Å². The van der Waals surface area contributed by atoms with Gasteiger partial charge in [-0.1, -0.05) is 36.4 Å². The van der Waals surface area contributed by atoms with Crippen LogP contribution < -0.4 is 4.31 Å². The van der Waals surface area contributed by atoms with Crippen molar-refractivity contribution in [2.75, 3.05) is 10.8 Å². The fourth-order valence-electron chi connectivity index (χ4n) is 3.66. The van der Waals surface area contributed by atoms with Crippen LogP contribution in [-0.4, -0.2) is 25.9 Å². The third-order valence-corrected chi connectivity index (χ3v) is 7.99. The molecule has 0 amide bonds. The molecule has 0 aliphatic carbocycles. The standard InChI is InChI=1S/C23H18N2O4S2/c26-23(29-15-22-24-19-9-2-4-11-21(19)30-22)17-7-5-8-18(14-17)31(27,28)25-13-12-16-6-1-3-10-20(16)25/h1-11,14H,12-13,15H2. The molecule has 31 heavy (non-hydrogen) atoms. The lowest BCUT2D eigenvalue weighted by Gasteiger charge is -2.19. The minimum absolute atomic E-state index is 0.0364. The molecule has 0 atom stereocenters. The highest BCUT2D eigenvalue weighted by molar-refractivity contribution is 7.92. The topological polar surface area (TPSA) is 76.6 Å². The number of sulfonamides is 1. The van der Waals surface area contributed by atoms with Crippen molar-refractivity contribution >= 4 is 43.2 Å². The highest BCUT2D eigenvalue weighted by Crippen LogP contribution is 2.33. The fraction of sp³-hybridized carbons (Fsp3) is 0.130. The van der Waals surface area contributed by atoms with Gasteiger partial charge in [0.1, 0.15) is 11.6 Å². The Balaban J connectivity index is 1.35. The SMILES string of the molecule is O=C(OCc1nc2ccccc2s1)c1cccc(S(=O)(=O)N2CCc3ccccc32)c1. The average molecular weight is 451 g/mol. The van der Waals surface area contributed by atoms with Crippen LogP contribution >= 0.6 is 11.3 Å². The molecule has 3 aromatic carbocycles. The zero-order chi connectivity index (χ0) is 21.4. The summed E-state index contributed by atoms with van der Waals surface area (Å²) >= 11 is 1.46. The number of carbonyl (C=O) groups is 1. The van der Waals surface area contributed by atoms with Gasteiger partial charge in [-0.2, -0.15) is 0 Å². The van der Waals surface area contributed by atoms with Gasteiger partial charge in [0.15, 0.2) is 0 Å². The molecule has 6 nitrogen and oxygen atoms in total. The first-order valence-corrected chi connectivity index (χ1v) is 12.0. The molecule has 1 aromatic heterocycles. The molecule has 0 saturated carbocycles. The number of anilines is 1. The summed E-state index contributed by atoms with van der Waals surface area (Å²) < 4.78 is 34.2. The Labute approximate surface area is 183 Å². The number of rotatable bonds is 5. The Bertz CT molecular complexity index is 1360. The number of ether oxygens (including phenoxy) is 1. The van der Waals surface area contributed by atoms with Crippen LogP contribution in [0.15, 0.2) is 77.7 Å². The molecule has 156 valence electrons. The van der Waals surface area contributed by atoms with Crippen LogP contribution in [0.1, 0.15) is 20.9 Å². The van der Waals surface area contributed by atoms with Crippen molar-refractivity contribution in [2.45, 2.75) is 17.9 Å². The normalized spacial score (nSPS) is 13.4. The molecule has 0 fully saturated rings. The number of hydrogen-bond donors (Lipinski definition) is 0. The highest BCUT2D eigenvalue weighted by Gasteiger charge is 2.31. The van der Waals surface area contributed by atoms with Crippen LogP contribution in [0.3, 0.4) is 0 Å². The van der Waals surface area contributed by atoms with Crippen molar-refractivity contribution in [1.82, 2.24) is 4.98 Å². The largest absolute Gasteiger partial charge is 0.455 e. The van der Waals surface area contributed by atoms with Crippen molar-refractivity contribution in [1.29, 1.82) is 0 Å². The molecule has 0 saturated heterocycles. The van der Waals surface area contributed by atoms with Gasteiger partial charge in [-0.25, -0.2) is 18.2 Å². The average Bonchev–Trinajstić information content (AvgIpc) is 3.41. The summed E-state index contributed by atoms with van der Waals surface area (Å²) in [5.41, 5.74) is 2.73. The van der Waals surface area contributed by atoms with Gasteiger partial charge in [-0.05, 0) is 48.4 Å². The number of thiazole rings is 1. The van der Waals surface area contributed by atoms with Crippen molar-refractivity contribution in [2.24, 2.45) is 0 Å². The number of nitrogens with zero attached hydrogens (tertiary/aromatic N) is 2. The maximum Gasteiger partial charge on any atom is 0.338 e. The lowest BCUT2D eigenvalue weighted by Crippen LogP contribution is -2.29. The molecular formula is C23H18N2O4S2. The number of hydrogen-bond acceptors (Lipinski definition) is 6.